The molecular formula is C33H32F2N6O5. The van der Waals surface area contributed by atoms with E-state index in [9.17, 15) is 15.0 Å². The molecule has 0 bridgehead atoms. The number of nitrogens with two attached hydrogens (primary N) is 1. The molecule has 238 valence electrons. The number of aliphatic carboxylic acids is 1. The number of nitrogen functional groups attached to an aromatic ring is 1. The quantitative estimate of drug-likeness (QED) is 0.124. The van der Waals surface area contributed by atoms with Crippen molar-refractivity contribution in [1.82, 2.24) is 9.88 Å². The largest absolute Gasteiger partial charge is 0.504 e. The summed E-state index contributed by atoms with van der Waals surface area (Å²) in [5.74, 6) is -5.80. The van der Waals surface area contributed by atoms with Crippen molar-refractivity contribution in [2.45, 2.75) is 25.9 Å². The van der Waals surface area contributed by atoms with Crippen LogP contribution in [0.1, 0.15) is 30.5 Å². The topological polar surface area (TPSA) is 158 Å². The average molecular weight is 631 g/mol. The monoisotopic (exact) mass is 630 g/mol. The molecule has 0 saturated heterocycles. The Balaban J connectivity index is 1.68. The summed E-state index contributed by atoms with van der Waals surface area (Å²) < 4.78 is 44.6. The zero-order chi connectivity index (χ0) is 33.2. The summed E-state index contributed by atoms with van der Waals surface area (Å²) in [6, 6.07) is 19.0. The SMILES string of the molecule is CN1CCN=C1c1cccc(Oc2nc(Oc3cc(C(=N)N)ccc3O)c(F)c(N(Cc3ccccc3)C(C)(C)C(=O)O)c2F)c1. The minimum absolute atomic E-state index is 0.143. The Morgan fingerprint density at radius 2 is 1.74 bits per heavy atom. The molecule has 46 heavy (non-hydrogen) atoms. The molecule has 5 rings (SSSR count). The molecule has 3 aromatic carbocycles. The number of aromatic hydroxyl groups is 1. The van der Waals surface area contributed by atoms with Crippen LogP contribution < -0.4 is 20.1 Å². The highest BCUT2D eigenvalue weighted by Crippen LogP contribution is 2.42. The summed E-state index contributed by atoms with van der Waals surface area (Å²) in [4.78, 5) is 24.0. The number of ether oxygens (including phenoxy) is 2. The molecule has 0 spiro atoms. The van der Waals surface area contributed by atoms with Crippen molar-refractivity contribution in [3.8, 4) is 29.0 Å². The summed E-state index contributed by atoms with van der Waals surface area (Å²) >= 11 is 0. The zero-order valence-corrected chi connectivity index (χ0v) is 25.3. The van der Waals surface area contributed by atoms with Gasteiger partial charge in [0.25, 0.3) is 11.8 Å². The molecule has 1 aliphatic rings. The van der Waals surface area contributed by atoms with Gasteiger partial charge in [0.15, 0.2) is 11.5 Å². The first-order chi connectivity index (χ1) is 21.9. The van der Waals surface area contributed by atoms with Gasteiger partial charge in [-0.05, 0) is 49.7 Å². The molecule has 0 atom stereocenters. The number of hydrogen-bond acceptors (Lipinski definition) is 9. The number of benzene rings is 3. The smallest absolute Gasteiger partial charge is 0.328 e. The molecule has 11 nitrogen and oxygen atoms in total. The van der Waals surface area contributed by atoms with E-state index in [0.29, 0.717) is 23.5 Å². The molecule has 0 saturated carbocycles. The summed E-state index contributed by atoms with van der Waals surface area (Å²) in [5.41, 5.74) is 4.36. The van der Waals surface area contributed by atoms with Gasteiger partial charge >= 0.3 is 5.97 Å². The van der Waals surface area contributed by atoms with Crippen molar-refractivity contribution in [2.75, 3.05) is 25.0 Å². The second-order valence-corrected chi connectivity index (χ2v) is 11.1. The van der Waals surface area contributed by atoms with Crippen LogP contribution in [0, 0.1) is 17.0 Å². The Kier molecular flexibility index (Phi) is 8.76. The van der Waals surface area contributed by atoms with E-state index < -0.39 is 46.3 Å². The molecule has 0 radical (unpaired) electrons. The number of carboxylic acids is 1. The lowest BCUT2D eigenvalue weighted by Crippen LogP contribution is -2.50. The number of pyridine rings is 1. The second-order valence-electron chi connectivity index (χ2n) is 11.1. The van der Waals surface area contributed by atoms with Gasteiger partial charge in [-0.2, -0.15) is 13.8 Å². The Hall–Kier alpha value is -5.72. The van der Waals surface area contributed by atoms with Crippen LogP contribution in [0.25, 0.3) is 0 Å². The van der Waals surface area contributed by atoms with Crippen LogP contribution in [0.3, 0.4) is 0 Å². The fraction of sp³-hybridized carbons (Fsp3) is 0.212. The Morgan fingerprint density at radius 3 is 2.37 bits per heavy atom. The number of aromatic nitrogens is 1. The van der Waals surface area contributed by atoms with E-state index in [1.54, 1.807) is 48.5 Å². The van der Waals surface area contributed by atoms with Crippen LogP contribution >= 0.6 is 0 Å². The number of phenols is 1. The number of nitrogens with one attached hydrogen (secondary N) is 1. The molecule has 0 unspecified atom stereocenters. The van der Waals surface area contributed by atoms with Crippen LogP contribution in [0.15, 0.2) is 77.8 Å². The normalized spacial score (nSPS) is 12.9. The molecule has 2 heterocycles. The Morgan fingerprint density at radius 1 is 1.04 bits per heavy atom. The fourth-order valence-electron chi connectivity index (χ4n) is 4.82. The van der Waals surface area contributed by atoms with Crippen molar-refractivity contribution >= 4 is 23.3 Å². The van der Waals surface area contributed by atoms with E-state index in [0.717, 1.165) is 11.4 Å². The second kappa shape index (κ2) is 12.7. The predicted octanol–water partition coefficient (Wildman–Crippen LogP) is 5.50. The van der Waals surface area contributed by atoms with Crippen LogP contribution in [0.4, 0.5) is 14.5 Å². The number of hydrogen-bond donors (Lipinski definition) is 4. The predicted molar refractivity (Wildman–Crippen MR) is 168 cm³/mol. The standard InChI is InChI=1S/C33H32F2N6O5/c1-33(2,32(43)44)41(18-19-8-5-4-6-9-19)27-25(34)30(45-22-11-7-10-21(16-22)29-38-14-15-40(29)3)39-31(26(27)35)46-24-17-20(28(36)37)12-13-23(24)42/h4-13,16-17,42H,14-15,18H2,1-3H3,(H3,36,37)(H,43,44). The van der Waals surface area contributed by atoms with Gasteiger partial charge in [0, 0.05) is 31.3 Å². The Labute approximate surface area is 263 Å². The van der Waals surface area contributed by atoms with E-state index in [1.807, 2.05) is 18.0 Å². The third-order valence-electron chi connectivity index (χ3n) is 7.49. The highest BCUT2D eigenvalue weighted by Gasteiger charge is 2.40. The number of nitrogens with zero attached hydrogens (tertiary/aromatic N) is 4. The lowest BCUT2D eigenvalue weighted by Gasteiger charge is -2.37. The van der Waals surface area contributed by atoms with Crippen LogP contribution in [-0.2, 0) is 11.3 Å². The number of halogens is 2. The van der Waals surface area contributed by atoms with Crippen LogP contribution in [0.5, 0.6) is 29.0 Å². The number of anilines is 1. The first-order valence-corrected chi connectivity index (χ1v) is 14.2. The highest BCUT2D eigenvalue weighted by molar-refractivity contribution is 6.00. The number of aliphatic imine (C=N–C) groups is 1. The summed E-state index contributed by atoms with van der Waals surface area (Å²) in [5, 5.41) is 28.4. The summed E-state index contributed by atoms with van der Waals surface area (Å²) in [6.07, 6.45) is 0. The maximum Gasteiger partial charge on any atom is 0.328 e. The first kappa shape index (κ1) is 31.7. The van der Waals surface area contributed by atoms with Gasteiger partial charge in [-0.1, -0.05) is 42.5 Å². The maximum absolute atomic E-state index is 16.6. The molecule has 0 aliphatic carbocycles. The van der Waals surface area contributed by atoms with E-state index >= 15 is 8.78 Å². The van der Waals surface area contributed by atoms with Crippen molar-refractivity contribution in [3.63, 3.8) is 0 Å². The third-order valence-corrected chi connectivity index (χ3v) is 7.49. The number of amidine groups is 2. The van der Waals surface area contributed by atoms with E-state index in [4.69, 9.17) is 20.6 Å². The van der Waals surface area contributed by atoms with Gasteiger partial charge in [0.1, 0.15) is 28.6 Å². The first-order valence-electron chi connectivity index (χ1n) is 14.2. The summed E-state index contributed by atoms with van der Waals surface area (Å²) in [6.45, 7) is 3.74. The number of rotatable bonds is 11. The van der Waals surface area contributed by atoms with Gasteiger partial charge in [0.05, 0.1) is 6.54 Å². The molecular weight excluding hydrogens is 598 g/mol. The van der Waals surface area contributed by atoms with E-state index in [2.05, 4.69) is 9.98 Å². The molecule has 13 heteroatoms. The number of phenolic OH excluding ortho intramolecular Hbond substituents is 1. The van der Waals surface area contributed by atoms with Gasteiger partial charge in [-0.25, -0.2) is 4.79 Å². The maximum atomic E-state index is 16.6. The lowest BCUT2D eigenvalue weighted by molar-refractivity contribution is -0.142. The van der Waals surface area contributed by atoms with Gasteiger partial charge in [-0.3, -0.25) is 10.4 Å². The van der Waals surface area contributed by atoms with Crippen LogP contribution in [0.2, 0.25) is 0 Å². The summed E-state index contributed by atoms with van der Waals surface area (Å²) in [7, 11) is 1.89. The van der Waals surface area contributed by atoms with Gasteiger partial charge in [-0.15, -0.1) is 0 Å². The number of likely N-dealkylation sites (N-methyl/N-ethyl adjacent to an activating group) is 1. The average Bonchev–Trinajstić information content (AvgIpc) is 3.46. The minimum Gasteiger partial charge on any atom is -0.504 e. The van der Waals surface area contributed by atoms with Crippen molar-refractivity contribution in [3.05, 3.63) is 101 Å². The zero-order valence-electron chi connectivity index (χ0n) is 25.3. The van der Waals surface area contributed by atoms with E-state index in [-0.39, 0.29) is 29.4 Å². The van der Waals surface area contributed by atoms with Crippen molar-refractivity contribution in [1.29, 1.82) is 5.41 Å². The van der Waals surface area contributed by atoms with E-state index in [1.165, 1.54) is 32.0 Å². The van der Waals surface area contributed by atoms with Gasteiger partial charge < -0.3 is 35.2 Å². The third kappa shape index (κ3) is 6.39. The van der Waals surface area contributed by atoms with Crippen LogP contribution in [-0.4, -0.2) is 63.4 Å². The fourth-order valence-corrected chi connectivity index (χ4v) is 4.82. The highest BCUT2D eigenvalue weighted by atomic mass is 19.1. The molecule has 0 fully saturated rings. The molecule has 1 aromatic heterocycles. The number of carboxylic acid groups (broad SMARTS) is 1. The molecule has 5 N–H and O–H groups in total. The minimum atomic E-state index is -1.85. The molecule has 4 aromatic rings. The lowest BCUT2D eigenvalue weighted by atomic mass is 10.00. The van der Waals surface area contributed by atoms with Gasteiger partial charge in [0.2, 0.25) is 11.6 Å². The van der Waals surface area contributed by atoms with Crippen molar-refractivity contribution in [2.24, 2.45) is 10.7 Å². The number of carbonyl (C=O) groups is 1. The molecule has 1 aliphatic heterocycles. The molecule has 0 amide bonds. The van der Waals surface area contributed by atoms with Crippen molar-refractivity contribution < 1.29 is 33.3 Å². The Bertz CT molecular complexity index is 1830.